The average molecular weight is 223 g/mol. The second-order valence-electron chi connectivity index (χ2n) is 3.96. The minimum absolute atomic E-state index is 0.201. The van der Waals surface area contributed by atoms with Gasteiger partial charge in [0, 0.05) is 19.2 Å². The molecule has 0 unspecified atom stereocenters. The summed E-state index contributed by atoms with van der Waals surface area (Å²) in [4.78, 5) is 11.7. The zero-order chi connectivity index (χ0) is 11.8. The van der Waals surface area contributed by atoms with Crippen LogP contribution in [0.3, 0.4) is 0 Å². The van der Waals surface area contributed by atoms with Crippen LogP contribution in [0.25, 0.3) is 0 Å². The standard InChI is InChI=1S/C12H21N3O/c1-2-15-10-11(9-14-15)12(16)7-5-3-4-6-8-13/h9-10H,2-8,13H2,1H3. The van der Waals surface area contributed by atoms with Gasteiger partial charge in [0.15, 0.2) is 5.78 Å². The number of nitrogens with zero attached hydrogens (tertiary/aromatic N) is 2. The Hall–Kier alpha value is -1.16. The van der Waals surface area contributed by atoms with Crippen LogP contribution in [0.15, 0.2) is 12.4 Å². The smallest absolute Gasteiger partial charge is 0.166 e. The molecule has 2 N–H and O–H groups in total. The Morgan fingerprint density at radius 3 is 2.75 bits per heavy atom. The molecule has 1 heterocycles. The Morgan fingerprint density at radius 2 is 2.12 bits per heavy atom. The van der Waals surface area contributed by atoms with E-state index in [0.29, 0.717) is 6.42 Å². The van der Waals surface area contributed by atoms with Crippen LogP contribution in [0.4, 0.5) is 0 Å². The Balaban J connectivity index is 2.24. The quantitative estimate of drug-likeness (QED) is 0.541. The highest BCUT2D eigenvalue weighted by atomic mass is 16.1. The number of nitrogens with two attached hydrogens (primary N) is 1. The lowest BCUT2D eigenvalue weighted by Crippen LogP contribution is -2.00. The van der Waals surface area contributed by atoms with E-state index in [9.17, 15) is 4.79 Å². The summed E-state index contributed by atoms with van der Waals surface area (Å²) in [5.74, 6) is 0.201. The van der Waals surface area contributed by atoms with Crippen LogP contribution < -0.4 is 5.73 Å². The van der Waals surface area contributed by atoms with Gasteiger partial charge in [-0.15, -0.1) is 0 Å². The summed E-state index contributed by atoms with van der Waals surface area (Å²) >= 11 is 0. The molecule has 0 radical (unpaired) electrons. The Kier molecular flexibility index (Phi) is 5.78. The lowest BCUT2D eigenvalue weighted by Gasteiger charge is -1.98. The summed E-state index contributed by atoms with van der Waals surface area (Å²) in [6.45, 7) is 3.56. The maximum atomic E-state index is 11.7. The number of unbranched alkanes of at least 4 members (excludes halogenated alkanes) is 3. The summed E-state index contributed by atoms with van der Waals surface area (Å²) in [7, 11) is 0. The van der Waals surface area contributed by atoms with E-state index >= 15 is 0 Å². The van der Waals surface area contributed by atoms with Crippen molar-refractivity contribution >= 4 is 5.78 Å². The van der Waals surface area contributed by atoms with Gasteiger partial charge in [0.25, 0.3) is 0 Å². The summed E-state index contributed by atoms with van der Waals surface area (Å²) < 4.78 is 1.78. The van der Waals surface area contributed by atoms with Crippen molar-refractivity contribution in [2.45, 2.75) is 45.6 Å². The van der Waals surface area contributed by atoms with Gasteiger partial charge in [0.2, 0.25) is 0 Å². The second-order valence-corrected chi connectivity index (χ2v) is 3.96. The first kappa shape index (κ1) is 12.9. The van der Waals surface area contributed by atoms with Crippen molar-refractivity contribution in [1.29, 1.82) is 0 Å². The molecule has 0 aliphatic carbocycles. The van der Waals surface area contributed by atoms with E-state index in [1.807, 2.05) is 13.1 Å². The van der Waals surface area contributed by atoms with Crippen molar-refractivity contribution < 1.29 is 4.79 Å². The normalized spacial score (nSPS) is 10.6. The minimum atomic E-state index is 0.201. The lowest BCUT2D eigenvalue weighted by molar-refractivity contribution is 0.0979. The molecule has 1 aromatic heterocycles. The molecule has 0 atom stereocenters. The third kappa shape index (κ3) is 4.14. The number of rotatable bonds is 8. The SMILES string of the molecule is CCn1cc(C(=O)CCCCCCN)cn1. The highest BCUT2D eigenvalue weighted by molar-refractivity contribution is 5.95. The predicted octanol–water partition coefficient (Wildman–Crippen LogP) is 1.99. The largest absolute Gasteiger partial charge is 0.330 e. The van der Waals surface area contributed by atoms with Gasteiger partial charge in [-0.3, -0.25) is 9.48 Å². The van der Waals surface area contributed by atoms with Gasteiger partial charge in [-0.25, -0.2) is 0 Å². The van der Waals surface area contributed by atoms with E-state index in [1.54, 1.807) is 10.9 Å². The van der Waals surface area contributed by atoms with Crippen molar-refractivity contribution in [1.82, 2.24) is 9.78 Å². The highest BCUT2D eigenvalue weighted by Gasteiger charge is 2.07. The average Bonchev–Trinajstić information content (AvgIpc) is 2.77. The summed E-state index contributed by atoms with van der Waals surface area (Å²) in [5, 5.41) is 4.09. The summed E-state index contributed by atoms with van der Waals surface area (Å²) in [6.07, 6.45) is 8.33. The van der Waals surface area contributed by atoms with E-state index in [0.717, 1.165) is 44.3 Å². The van der Waals surface area contributed by atoms with Crippen LogP contribution in [-0.2, 0) is 6.54 Å². The monoisotopic (exact) mass is 223 g/mol. The van der Waals surface area contributed by atoms with Crippen molar-refractivity contribution in [3.05, 3.63) is 18.0 Å². The molecule has 0 aromatic carbocycles. The van der Waals surface area contributed by atoms with Crippen molar-refractivity contribution in [2.24, 2.45) is 5.73 Å². The van der Waals surface area contributed by atoms with Crippen LogP contribution in [-0.4, -0.2) is 22.1 Å². The van der Waals surface area contributed by atoms with Crippen molar-refractivity contribution in [3.8, 4) is 0 Å². The summed E-state index contributed by atoms with van der Waals surface area (Å²) in [6, 6.07) is 0. The molecule has 0 bridgehead atoms. The van der Waals surface area contributed by atoms with Gasteiger partial charge >= 0.3 is 0 Å². The topological polar surface area (TPSA) is 60.9 Å². The highest BCUT2D eigenvalue weighted by Crippen LogP contribution is 2.08. The molecule has 1 rings (SSSR count). The molecule has 0 fully saturated rings. The number of hydrogen-bond donors (Lipinski definition) is 1. The van der Waals surface area contributed by atoms with Gasteiger partial charge in [-0.05, 0) is 26.3 Å². The molecular weight excluding hydrogens is 202 g/mol. The first-order chi connectivity index (χ1) is 7.77. The zero-order valence-electron chi connectivity index (χ0n) is 9.98. The van der Waals surface area contributed by atoms with Crippen LogP contribution in [0.5, 0.6) is 0 Å². The molecule has 90 valence electrons. The number of aromatic nitrogens is 2. The number of carbonyl (C=O) groups is 1. The van der Waals surface area contributed by atoms with Gasteiger partial charge in [-0.1, -0.05) is 12.8 Å². The molecule has 1 aromatic rings. The summed E-state index contributed by atoms with van der Waals surface area (Å²) in [5.41, 5.74) is 6.14. The zero-order valence-corrected chi connectivity index (χ0v) is 9.98. The van der Waals surface area contributed by atoms with Gasteiger partial charge < -0.3 is 5.73 Å². The molecule has 16 heavy (non-hydrogen) atoms. The van der Waals surface area contributed by atoms with Crippen LogP contribution >= 0.6 is 0 Å². The predicted molar refractivity (Wildman–Crippen MR) is 64.4 cm³/mol. The molecular formula is C12H21N3O. The van der Waals surface area contributed by atoms with E-state index in [-0.39, 0.29) is 5.78 Å². The Morgan fingerprint density at radius 1 is 1.38 bits per heavy atom. The first-order valence-electron chi connectivity index (χ1n) is 6.03. The number of hydrogen-bond acceptors (Lipinski definition) is 3. The van der Waals surface area contributed by atoms with Crippen molar-refractivity contribution in [3.63, 3.8) is 0 Å². The van der Waals surface area contributed by atoms with E-state index in [2.05, 4.69) is 5.10 Å². The van der Waals surface area contributed by atoms with E-state index < -0.39 is 0 Å². The number of ketones is 1. The fourth-order valence-corrected chi connectivity index (χ4v) is 1.61. The van der Waals surface area contributed by atoms with E-state index in [1.165, 1.54) is 0 Å². The molecule has 4 heteroatoms. The van der Waals surface area contributed by atoms with Gasteiger partial charge in [0.1, 0.15) is 0 Å². The number of carbonyl (C=O) groups excluding carboxylic acids is 1. The fourth-order valence-electron chi connectivity index (χ4n) is 1.61. The first-order valence-corrected chi connectivity index (χ1v) is 6.03. The molecule has 0 saturated carbocycles. The number of Topliss-reactive ketones (excluding diaryl/α,β-unsaturated/α-hetero) is 1. The lowest BCUT2D eigenvalue weighted by atomic mass is 10.1. The minimum Gasteiger partial charge on any atom is -0.330 e. The maximum Gasteiger partial charge on any atom is 0.166 e. The van der Waals surface area contributed by atoms with Crippen LogP contribution in [0.1, 0.15) is 49.4 Å². The molecule has 0 spiro atoms. The molecule has 0 saturated heterocycles. The second kappa shape index (κ2) is 7.17. The van der Waals surface area contributed by atoms with E-state index in [4.69, 9.17) is 5.73 Å². The molecule has 0 aliphatic heterocycles. The van der Waals surface area contributed by atoms with Crippen molar-refractivity contribution in [2.75, 3.05) is 6.54 Å². The molecule has 0 aliphatic rings. The molecule has 0 amide bonds. The molecule has 4 nitrogen and oxygen atoms in total. The maximum absolute atomic E-state index is 11.7. The third-order valence-corrected chi connectivity index (χ3v) is 2.64. The van der Waals surface area contributed by atoms with Crippen LogP contribution in [0, 0.1) is 0 Å². The fraction of sp³-hybridized carbons (Fsp3) is 0.667. The Bertz CT molecular complexity index is 320. The number of aryl methyl sites for hydroxylation is 1. The van der Waals surface area contributed by atoms with Crippen LogP contribution in [0.2, 0.25) is 0 Å². The van der Waals surface area contributed by atoms with Gasteiger partial charge in [0.05, 0.1) is 11.8 Å². The third-order valence-electron chi connectivity index (χ3n) is 2.64. The van der Waals surface area contributed by atoms with Gasteiger partial charge in [-0.2, -0.15) is 5.10 Å². The Labute approximate surface area is 96.8 Å².